The number of rotatable bonds is 69. The molecule has 0 aliphatic heterocycles. The van der Waals surface area contributed by atoms with E-state index < -0.39 is 97.5 Å². The molecule has 0 saturated heterocycles. The van der Waals surface area contributed by atoms with Gasteiger partial charge < -0.3 is 33.8 Å². The molecule has 5 unspecified atom stereocenters. The van der Waals surface area contributed by atoms with Crippen LogP contribution in [0.1, 0.15) is 272 Å². The molecule has 0 bridgehead atoms. The topological polar surface area (TPSA) is 237 Å². The number of aliphatic hydroxyl groups excluding tert-OH is 1. The molecule has 17 nitrogen and oxygen atoms in total. The first kappa shape index (κ1) is 94.7. The van der Waals surface area contributed by atoms with Crippen LogP contribution in [0.3, 0.4) is 0 Å². The van der Waals surface area contributed by atoms with Crippen LogP contribution in [0.25, 0.3) is 0 Å². The van der Waals surface area contributed by atoms with E-state index in [1.165, 1.54) is 38.5 Å². The van der Waals surface area contributed by atoms with E-state index >= 15 is 0 Å². The standard InChI is InChI=1S/C81H132O17P2/c1-5-9-13-17-21-25-29-32-35-36-37-38-41-43-47-50-54-58-62-66-79(84)91-71-76(97-80(85)67-63-59-55-51-45-28-24-20-16-12-8-4)73-95-99(87,88)93-69-75(82)70-94-100(89,90)96-74-77(98-81(86)68-64-60-56-52-48-44-40-34-31-27-23-19-15-11-7-3)72-92-78(83)65-61-57-53-49-46-42-39-33-30-26-22-18-14-10-6-2/h9-11,13-15,21-23,25-27,32-35,37-40,46,48-49,52,57,61,75-77,82H,5-8,12,16-20,24,28-31,36,41-45,47,50-51,53-56,58-60,62-74H2,1-4H3,(H,87,88)(H,89,90)/b13-9-,14-10-,15-11-,25-21-,26-22-,27-23-,35-32-,38-37-,39-33-,40-34-,49-46-,52-48-,61-57-. The van der Waals surface area contributed by atoms with Gasteiger partial charge in [-0.3, -0.25) is 37.3 Å². The van der Waals surface area contributed by atoms with Crippen LogP contribution in [0.15, 0.2) is 158 Å². The number of phosphoric ester groups is 2. The van der Waals surface area contributed by atoms with Crippen molar-refractivity contribution in [3.8, 4) is 0 Å². The number of allylic oxidation sites excluding steroid dienone is 25. The van der Waals surface area contributed by atoms with Crippen LogP contribution in [0.2, 0.25) is 0 Å². The van der Waals surface area contributed by atoms with Gasteiger partial charge in [-0.05, 0) is 128 Å². The van der Waals surface area contributed by atoms with Gasteiger partial charge in [-0.2, -0.15) is 0 Å². The average Bonchev–Trinajstić information content (AvgIpc) is 0.966. The predicted molar refractivity (Wildman–Crippen MR) is 408 cm³/mol. The minimum absolute atomic E-state index is 0.0184. The highest BCUT2D eigenvalue weighted by Crippen LogP contribution is 2.45. The number of unbranched alkanes of at least 4 members (excludes halogenated alkanes) is 18. The van der Waals surface area contributed by atoms with Crippen LogP contribution < -0.4 is 0 Å². The fourth-order valence-electron chi connectivity index (χ4n) is 9.39. The van der Waals surface area contributed by atoms with Crippen LogP contribution >= 0.6 is 15.6 Å². The largest absolute Gasteiger partial charge is 0.472 e. The van der Waals surface area contributed by atoms with Gasteiger partial charge in [-0.15, -0.1) is 0 Å². The lowest BCUT2D eigenvalue weighted by atomic mass is 10.1. The number of phosphoric acid groups is 2. The number of hydrogen-bond acceptors (Lipinski definition) is 15. The molecule has 0 saturated carbocycles. The van der Waals surface area contributed by atoms with E-state index in [0.29, 0.717) is 32.1 Å². The Morgan fingerprint density at radius 2 is 0.560 bits per heavy atom. The van der Waals surface area contributed by atoms with E-state index in [0.717, 1.165) is 148 Å². The Bertz CT molecular complexity index is 2520. The predicted octanol–water partition coefficient (Wildman–Crippen LogP) is 21.7. The molecule has 100 heavy (non-hydrogen) atoms. The Balaban J connectivity index is 5.43. The molecular formula is C81H132O17P2. The van der Waals surface area contributed by atoms with Gasteiger partial charge in [0, 0.05) is 19.3 Å². The summed E-state index contributed by atoms with van der Waals surface area (Å²) in [6.07, 6.45) is 82.8. The van der Waals surface area contributed by atoms with Crippen molar-refractivity contribution >= 4 is 39.5 Å². The van der Waals surface area contributed by atoms with Crippen LogP contribution in [0.5, 0.6) is 0 Å². The van der Waals surface area contributed by atoms with E-state index in [1.54, 1.807) is 6.08 Å². The summed E-state index contributed by atoms with van der Waals surface area (Å²) in [4.78, 5) is 72.7. The van der Waals surface area contributed by atoms with E-state index in [2.05, 4.69) is 155 Å². The minimum Gasteiger partial charge on any atom is -0.462 e. The highest BCUT2D eigenvalue weighted by molar-refractivity contribution is 7.47. The van der Waals surface area contributed by atoms with Gasteiger partial charge in [0.15, 0.2) is 12.2 Å². The van der Waals surface area contributed by atoms with Gasteiger partial charge in [0.1, 0.15) is 19.3 Å². The molecule has 0 aromatic rings. The number of carbonyl (C=O) groups is 4. The summed E-state index contributed by atoms with van der Waals surface area (Å²) in [6.45, 7) is 4.32. The Morgan fingerprint density at radius 3 is 0.910 bits per heavy atom. The van der Waals surface area contributed by atoms with Crippen LogP contribution in [-0.4, -0.2) is 96.7 Å². The molecule has 5 atom stereocenters. The van der Waals surface area contributed by atoms with Crippen molar-refractivity contribution in [3.63, 3.8) is 0 Å². The first-order valence-electron chi connectivity index (χ1n) is 37.7. The summed E-state index contributed by atoms with van der Waals surface area (Å²) < 4.78 is 68.2. The summed E-state index contributed by atoms with van der Waals surface area (Å²) in [5, 5.41) is 10.6. The number of esters is 4. The molecule has 0 heterocycles. The van der Waals surface area contributed by atoms with E-state index in [4.69, 9.17) is 37.0 Å². The minimum atomic E-state index is -5.01. The molecular weight excluding hydrogens is 1310 g/mol. The zero-order valence-corrected chi connectivity index (χ0v) is 63.6. The Hall–Kier alpha value is -5.32. The number of hydrogen-bond donors (Lipinski definition) is 3. The third kappa shape index (κ3) is 71.1. The maximum atomic E-state index is 13.1. The van der Waals surface area contributed by atoms with Gasteiger partial charge in [-0.25, -0.2) is 9.13 Å². The molecule has 0 aromatic heterocycles. The van der Waals surface area contributed by atoms with Crippen molar-refractivity contribution in [1.82, 2.24) is 0 Å². The maximum Gasteiger partial charge on any atom is 0.472 e. The van der Waals surface area contributed by atoms with Crippen LogP contribution in [0, 0.1) is 0 Å². The summed E-state index contributed by atoms with van der Waals surface area (Å²) in [5.41, 5.74) is 0. The molecule has 0 aliphatic rings. The van der Waals surface area contributed by atoms with Crippen molar-refractivity contribution in [1.29, 1.82) is 0 Å². The molecule has 0 spiro atoms. The van der Waals surface area contributed by atoms with Gasteiger partial charge >= 0.3 is 39.5 Å². The second kappa shape index (κ2) is 72.0. The fraction of sp³-hybridized carbons (Fsp3) is 0.630. The molecule has 3 N–H and O–H groups in total. The summed E-state index contributed by atoms with van der Waals surface area (Å²) >= 11 is 0. The number of aliphatic hydroxyl groups is 1. The van der Waals surface area contributed by atoms with Crippen LogP contribution in [0.4, 0.5) is 0 Å². The van der Waals surface area contributed by atoms with Crippen LogP contribution in [-0.2, 0) is 65.4 Å². The summed E-state index contributed by atoms with van der Waals surface area (Å²) in [5.74, 6) is -2.40. The van der Waals surface area contributed by atoms with E-state index in [-0.39, 0.29) is 25.7 Å². The highest BCUT2D eigenvalue weighted by atomic mass is 31.2. The second-order valence-electron chi connectivity index (χ2n) is 24.5. The third-order valence-corrected chi connectivity index (χ3v) is 16.9. The lowest BCUT2D eigenvalue weighted by molar-refractivity contribution is -0.161. The first-order chi connectivity index (χ1) is 48.7. The lowest BCUT2D eigenvalue weighted by Crippen LogP contribution is -2.30. The molecule has 0 radical (unpaired) electrons. The van der Waals surface area contributed by atoms with Crippen molar-refractivity contribution in [3.05, 3.63) is 158 Å². The van der Waals surface area contributed by atoms with Gasteiger partial charge in [0.25, 0.3) is 0 Å². The molecule has 0 amide bonds. The monoisotopic (exact) mass is 1440 g/mol. The molecule has 0 aromatic carbocycles. The van der Waals surface area contributed by atoms with Gasteiger partial charge in [0.2, 0.25) is 0 Å². The Labute approximate surface area is 604 Å². The van der Waals surface area contributed by atoms with Crippen molar-refractivity contribution in [2.45, 2.75) is 290 Å². The fourth-order valence-corrected chi connectivity index (χ4v) is 11.0. The number of ether oxygens (including phenoxy) is 4. The Kier molecular flexibility index (Phi) is 68.2. The van der Waals surface area contributed by atoms with Gasteiger partial charge in [0.05, 0.1) is 32.8 Å². The molecule has 0 aliphatic carbocycles. The van der Waals surface area contributed by atoms with Crippen molar-refractivity contribution in [2.24, 2.45) is 0 Å². The van der Waals surface area contributed by atoms with Crippen molar-refractivity contribution < 1.29 is 80.2 Å². The smallest absolute Gasteiger partial charge is 0.462 e. The Morgan fingerprint density at radius 1 is 0.300 bits per heavy atom. The average molecular weight is 1440 g/mol. The third-order valence-electron chi connectivity index (χ3n) is 15.0. The maximum absolute atomic E-state index is 13.1. The molecule has 0 fully saturated rings. The number of carbonyl (C=O) groups excluding carboxylic acids is 4. The summed E-state index contributed by atoms with van der Waals surface area (Å²) in [6, 6.07) is 0. The van der Waals surface area contributed by atoms with E-state index in [1.807, 2.05) is 24.3 Å². The first-order valence-corrected chi connectivity index (χ1v) is 40.7. The molecule has 0 rings (SSSR count). The zero-order valence-electron chi connectivity index (χ0n) is 61.8. The molecule has 19 heteroatoms. The lowest BCUT2D eigenvalue weighted by Gasteiger charge is -2.21. The normalized spacial score (nSPS) is 14.8. The van der Waals surface area contributed by atoms with Crippen molar-refractivity contribution in [2.75, 3.05) is 39.6 Å². The SMILES string of the molecule is CC/C=C\C/C=C\C/C=C\C/C=C\C/C=C\CC(=O)OCC(COP(=O)(O)OCC(O)COP(=O)(O)OCC(COC(=O)CCCCCCCC/C=C\C/C=C\C/C=C\C/C=C\CC)OC(=O)CCCCCCCCCCCCC)OC(=O)CCCC/C=C\C/C=C\C/C=C\C/C=C\CC. The highest BCUT2D eigenvalue weighted by Gasteiger charge is 2.30. The van der Waals surface area contributed by atoms with E-state index in [9.17, 15) is 43.2 Å². The quantitative estimate of drug-likeness (QED) is 0.0169. The van der Waals surface area contributed by atoms with Gasteiger partial charge in [-0.1, -0.05) is 276 Å². The molecule has 568 valence electrons. The summed E-state index contributed by atoms with van der Waals surface area (Å²) in [7, 11) is -10.00. The second-order valence-corrected chi connectivity index (χ2v) is 27.4. The zero-order chi connectivity index (χ0) is 73.2.